The Hall–Kier alpha value is -1.24. The van der Waals surface area contributed by atoms with Crippen molar-refractivity contribution >= 4 is 27.8 Å². The lowest BCUT2D eigenvalue weighted by atomic mass is 9.93. The maximum atomic E-state index is 14.4. The van der Waals surface area contributed by atoms with E-state index < -0.39 is 5.67 Å². The van der Waals surface area contributed by atoms with Gasteiger partial charge in [-0.05, 0) is 15.9 Å². The van der Waals surface area contributed by atoms with E-state index in [-0.39, 0.29) is 12.5 Å². The Kier molecular flexibility index (Phi) is 4.34. The molecule has 1 aromatic rings. The van der Waals surface area contributed by atoms with Crippen molar-refractivity contribution in [1.29, 1.82) is 0 Å². The predicted molar refractivity (Wildman–Crippen MR) is 73.7 cm³/mol. The van der Waals surface area contributed by atoms with Crippen LogP contribution >= 0.6 is 15.9 Å². The van der Waals surface area contributed by atoms with E-state index in [0.29, 0.717) is 31.9 Å². The van der Waals surface area contributed by atoms with Crippen LogP contribution in [-0.4, -0.2) is 41.2 Å². The molecule has 0 spiro atoms. The highest BCUT2D eigenvalue weighted by atomic mass is 79.9. The van der Waals surface area contributed by atoms with Crippen molar-refractivity contribution in [2.24, 2.45) is 0 Å². The molecule has 1 aromatic heterocycles. The Bertz CT molecular complexity index is 446. The van der Waals surface area contributed by atoms with Crippen LogP contribution in [0, 0.1) is 0 Å². The van der Waals surface area contributed by atoms with E-state index in [2.05, 4.69) is 31.2 Å². The van der Waals surface area contributed by atoms with Crippen LogP contribution in [-0.2, 0) is 4.79 Å². The van der Waals surface area contributed by atoms with Gasteiger partial charge in [0, 0.05) is 45.2 Å². The minimum atomic E-state index is -1.32. The molecule has 2 heterocycles. The number of hydrogen-bond donors (Lipinski definition) is 1. The molecule has 7 heteroatoms. The fourth-order valence-corrected chi connectivity index (χ4v) is 2.24. The van der Waals surface area contributed by atoms with Crippen LogP contribution in [0.2, 0.25) is 0 Å². The Labute approximate surface area is 119 Å². The second kappa shape index (κ2) is 5.81. The van der Waals surface area contributed by atoms with Gasteiger partial charge >= 0.3 is 0 Å². The van der Waals surface area contributed by atoms with Crippen LogP contribution < -0.4 is 10.2 Å². The van der Waals surface area contributed by atoms with E-state index in [4.69, 9.17) is 0 Å². The number of anilines is 1. The first-order chi connectivity index (χ1) is 8.98. The molecule has 0 saturated carbocycles. The molecule has 0 bridgehead atoms. The SMILES string of the molecule is CC(=O)NCC1(F)CCN(c2ncc(Br)cn2)CC1. The smallest absolute Gasteiger partial charge is 0.225 e. The molecule has 5 nitrogen and oxygen atoms in total. The topological polar surface area (TPSA) is 58.1 Å². The predicted octanol–water partition coefficient (Wildman–Crippen LogP) is 1.68. The van der Waals surface area contributed by atoms with Gasteiger partial charge in [0.25, 0.3) is 0 Å². The molecule has 0 unspecified atom stereocenters. The Balaban J connectivity index is 1.91. The first kappa shape index (κ1) is 14.2. The van der Waals surface area contributed by atoms with Crippen molar-refractivity contribution in [3.8, 4) is 0 Å². The number of aromatic nitrogens is 2. The van der Waals surface area contributed by atoms with E-state index in [9.17, 15) is 9.18 Å². The minimum Gasteiger partial charge on any atom is -0.353 e. The van der Waals surface area contributed by atoms with E-state index in [0.717, 1.165) is 4.47 Å². The number of alkyl halides is 1. The summed E-state index contributed by atoms with van der Waals surface area (Å²) >= 11 is 3.28. The molecular weight excluding hydrogens is 315 g/mol. The van der Waals surface area contributed by atoms with Crippen molar-refractivity contribution in [2.45, 2.75) is 25.4 Å². The summed E-state index contributed by atoms with van der Waals surface area (Å²) in [6.45, 7) is 2.58. The third kappa shape index (κ3) is 3.86. The number of piperidine rings is 1. The molecule has 1 aliphatic heterocycles. The highest BCUT2D eigenvalue weighted by Gasteiger charge is 2.35. The number of rotatable bonds is 3. The van der Waals surface area contributed by atoms with E-state index in [1.54, 1.807) is 12.4 Å². The van der Waals surface area contributed by atoms with Crippen LogP contribution in [0.1, 0.15) is 19.8 Å². The van der Waals surface area contributed by atoms with Crippen molar-refractivity contribution in [3.05, 3.63) is 16.9 Å². The maximum absolute atomic E-state index is 14.4. The average molecular weight is 331 g/mol. The standard InChI is InChI=1S/C12H16BrFN4O/c1-9(19)17-8-12(14)2-4-18(5-3-12)11-15-6-10(13)7-16-11/h6-7H,2-5,8H2,1H3,(H,17,19). The Morgan fingerprint density at radius 1 is 1.47 bits per heavy atom. The number of halogens is 2. The lowest BCUT2D eigenvalue weighted by Gasteiger charge is -2.36. The Morgan fingerprint density at radius 2 is 2.05 bits per heavy atom. The van der Waals surface area contributed by atoms with Gasteiger partial charge in [0.15, 0.2) is 0 Å². The molecule has 1 aliphatic rings. The van der Waals surface area contributed by atoms with E-state index in [1.165, 1.54) is 6.92 Å². The Morgan fingerprint density at radius 3 is 2.58 bits per heavy atom. The third-order valence-corrected chi connectivity index (χ3v) is 3.61. The van der Waals surface area contributed by atoms with Crippen LogP contribution in [0.25, 0.3) is 0 Å². The van der Waals surface area contributed by atoms with E-state index in [1.807, 2.05) is 4.90 Å². The summed E-state index contributed by atoms with van der Waals surface area (Å²) in [6.07, 6.45) is 4.09. The van der Waals surface area contributed by atoms with Gasteiger partial charge in [0.1, 0.15) is 5.67 Å². The van der Waals surface area contributed by atoms with Gasteiger partial charge in [0.2, 0.25) is 11.9 Å². The monoisotopic (exact) mass is 330 g/mol. The van der Waals surface area contributed by atoms with Gasteiger partial charge in [-0.1, -0.05) is 0 Å². The van der Waals surface area contributed by atoms with Crippen LogP contribution in [0.4, 0.5) is 10.3 Å². The summed E-state index contributed by atoms with van der Waals surface area (Å²) in [5.74, 6) is 0.417. The molecule has 1 fully saturated rings. The normalized spacial score (nSPS) is 18.2. The molecule has 0 aromatic carbocycles. The second-order valence-corrected chi connectivity index (χ2v) is 5.66. The molecule has 2 rings (SSSR count). The molecule has 0 radical (unpaired) electrons. The van der Waals surface area contributed by atoms with E-state index >= 15 is 0 Å². The van der Waals surface area contributed by atoms with Crippen molar-refractivity contribution in [3.63, 3.8) is 0 Å². The van der Waals surface area contributed by atoms with Crippen molar-refractivity contribution < 1.29 is 9.18 Å². The molecule has 1 saturated heterocycles. The van der Waals surface area contributed by atoms with Gasteiger partial charge in [-0.3, -0.25) is 4.79 Å². The zero-order valence-corrected chi connectivity index (χ0v) is 12.3. The number of nitrogens with one attached hydrogen (secondary N) is 1. The van der Waals surface area contributed by atoms with Gasteiger partial charge in [-0.2, -0.15) is 0 Å². The fraction of sp³-hybridized carbons (Fsp3) is 0.583. The number of carbonyl (C=O) groups excluding carboxylic acids is 1. The zero-order valence-electron chi connectivity index (χ0n) is 10.7. The number of hydrogen-bond acceptors (Lipinski definition) is 4. The van der Waals surface area contributed by atoms with Gasteiger partial charge in [-0.25, -0.2) is 14.4 Å². The third-order valence-electron chi connectivity index (χ3n) is 3.20. The van der Waals surface area contributed by atoms with Crippen molar-refractivity contribution in [2.75, 3.05) is 24.5 Å². The molecule has 0 aliphatic carbocycles. The quantitative estimate of drug-likeness (QED) is 0.916. The zero-order chi connectivity index (χ0) is 13.9. The summed E-state index contributed by atoms with van der Waals surface area (Å²) in [5, 5.41) is 2.55. The van der Waals surface area contributed by atoms with Crippen LogP contribution in [0.5, 0.6) is 0 Å². The summed E-state index contributed by atoms with van der Waals surface area (Å²) in [4.78, 5) is 21.2. The lowest BCUT2D eigenvalue weighted by molar-refractivity contribution is -0.119. The lowest BCUT2D eigenvalue weighted by Crippen LogP contribution is -2.48. The molecule has 1 N–H and O–H groups in total. The van der Waals surface area contributed by atoms with Gasteiger partial charge in [-0.15, -0.1) is 0 Å². The van der Waals surface area contributed by atoms with Gasteiger partial charge < -0.3 is 10.2 Å². The van der Waals surface area contributed by atoms with Crippen molar-refractivity contribution in [1.82, 2.24) is 15.3 Å². The van der Waals surface area contributed by atoms with Gasteiger partial charge in [0.05, 0.1) is 11.0 Å². The fourth-order valence-electron chi connectivity index (χ4n) is 2.04. The maximum Gasteiger partial charge on any atom is 0.225 e. The molecule has 104 valence electrons. The molecule has 1 amide bonds. The first-order valence-electron chi connectivity index (χ1n) is 6.14. The van der Waals surface area contributed by atoms with Crippen LogP contribution in [0.15, 0.2) is 16.9 Å². The highest BCUT2D eigenvalue weighted by molar-refractivity contribution is 9.10. The number of amides is 1. The first-order valence-corrected chi connectivity index (χ1v) is 6.94. The second-order valence-electron chi connectivity index (χ2n) is 4.75. The highest BCUT2D eigenvalue weighted by Crippen LogP contribution is 2.27. The summed E-state index contributed by atoms with van der Waals surface area (Å²) in [6, 6.07) is 0. The summed E-state index contributed by atoms with van der Waals surface area (Å²) < 4.78 is 15.2. The largest absolute Gasteiger partial charge is 0.353 e. The molecular formula is C12H16BrFN4O. The number of carbonyl (C=O) groups is 1. The number of nitrogens with zero attached hydrogens (tertiary/aromatic N) is 3. The average Bonchev–Trinajstić information content (AvgIpc) is 2.39. The summed E-state index contributed by atoms with van der Waals surface area (Å²) in [7, 11) is 0. The minimum absolute atomic E-state index is 0.0807. The molecule has 19 heavy (non-hydrogen) atoms. The molecule has 0 atom stereocenters. The summed E-state index contributed by atoms with van der Waals surface area (Å²) in [5.41, 5.74) is -1.32. The van der Waals surface area contributed by atoms with Crippen LogP contribution in [0.3, 0.4) is 0 Å².